The molecule has 1 aliphatic carbocycles. The molecule has 0 radical (unpaired) electrons. The van der Waals surface area contributed by atoms with Gasteiger partial charge in [-0.2, -0.15) is 0 Å². The molecule has 1 aliphatic rings. The van der Waals surface area contributed by atoms with E-state index < -0.39 is 6.10 Å². The third kappa shape index (κ3) is 4.64. The lowest BCUT2D eigenvalue weighted by Crippen LogP contribution is -2.34. The molecular formula is C20H23ClN2O4. The molecular weight excluding hydrogens is 368 g/mol. The zero-order valence-electron chi connectivity index (χ0n) is 15.1. The van der Waals surface area contributed by atoms with Gasteiger partial charge >= 0.3 is 0 Å². The maximum absolute atomic E-state index is 12.5. The van der Waals surface area contributed by atoms with Crippen molar-refractivity contribution in [3.8, 4) is 11.5 Å². The fourth-order valence-corrected chi connectivity index (χ4v) is 3.28. The molecule has 2 atom stereocenters. The summed E-state index contributed by atoms with van der Waals surface area (Å²) in [5.74, 6) is 0.651. The summed E-state index contributed by atoms with van der Waals surface area (Å²) in [5, 5.41) is 13.1. The lowest BCUT2D eigenvalue weighted by atomic mass is 9.95. The molecule has 27 heavy (non-hydrogen) atoms. The number of aliphatic hydroxyl groups excluding tert-OH is 1. The second-order valence-electron chi connectivity index (χ2n) is 6.56. The largest absolute Gasteiger partial charge is 0.496 e. The Balaban J connectivity index is 1.68. The van der Waals surface area contributed by atoms with Crippen LogP contribution < -0.4 is 20.5 Å². The molecule has 4 N–H and O–H groups in total. The number of carbonyl (C=O) groups excluding carboxylic acids is 1. The zero-order valence-corrected chi connectivity index (χ0v) is 15.8. The van der Waals surface area contributed by atoms with Crippen LogP contribution in [0.3, 0.4) is 0 Å². The molecule has 7 heteroatoms. The van der Waals surface area contributed by atoms with Crippen LogP contribution in [-0.2, 0) is 0 Å². The van der Waals surface area contributed by atoms with Gasteiger partial charge in [0.1, 0.15) is 17.6 Å². The molecule has 2 unspecified atom stereocenters. The molecule has 1 fully saturated rings. The molecule has 2 aromatic rings. The number of amides is 1. The average Bonchev–Trinajstić information content (AvgIpc) is 2.67. The maximum Gasteiger partial charge on any atom is 0.259 e. The summed E-state index contributed by atoms with van der Waals surface area (Å²) in [6, 6.07) is 10.0. The second-order valence-corrected chi connectivity index (χ2v) is 6.97. The Kier molecular flexibility index (Phi) is 6.08. The van der Waals surface area contributed by atoms with Crippen molar-refractivity contribution in [1.29, 1.82) is 0 Å². The number of aliphatic hydroxyl groups is 1. The number of anilines is 2. The number of nitrogens with one attached hydrogen (secondary N) is 1. The molecule has 1 amide bonds. The third-order valence-electron chi connectivity index (χ3n) is 4.63. The average molecular weight is 391 g/mol. The standard InChI is InChI=1S/C20H23ClN2O4/c1-26-19-11-16(22)15(21)10-14(19)20(25)23-12-6-8-13(9-7-12)27-18-5-3-2-4-17(18)24/h6-11,17-18,24H,2-5,22H2,1H3,(H,23,25). The predicted molar refractivity (Wildman–Crippen MR) is 106 cm³/mol. The first-order chi connectivity index (χ1) is 13.0. The van der Waals surface area contributed by atoms with Crippen LogP contribution in [-0.4, -0.2) is 30.3 Å². The van der Waals surface area contributed by atoms with Crippen molar-refractivity contribution < 1.29 is 19.4 Å². The van der Waals surface area contributed by atoms with Crippen molar-refractivity contribution in [1.82, 2.24) is 0 Å². The monoisotopic (exact) mass is 390 g/mol. The van der Waals surface area contributed by atoms with Crippen molar-refractivity contribution in [2.45, 2.75) is 37.9 Å². The number of halogens is 1. The van der Waals surface area contributed by atoms with Crippen LogP contribution in [0.5, 0.6) is 11.5 Å². The predicted octanol–water partition coefficient (Wildman–Crippen LogP) is 3.87. The summed E-state index contributed by atoms with van der Waals surface area (Å²) >= 11 is 6.02. The molecule has 144 valence electrons. The van der Waals surface area contributed by atoms with Crippen LogP contribution >= 0.6 is 11.6 Å². The first-order valence-corrected chi connectivity index (χ1v) is 9.25. The Labute approximate surface area is 163 Å². The summed E-state index contributed by atoms with van der Waals surface area (Å²) in [7, 11) is 1.46. The van der Waals surface area contributed by atoms with Gasteiger partial charge in [0.15, 0.2) is 0 Å². The van der Waals surface area contributed by atoms with E-state index in [9.17, 15) is 9.90 Å². The van der Waals surface area contributed by atoms with E-state index in [2.05, 4.69) is 5.32 Å². The van der Waals surface area contributed by atoms with E-state index in [1.165, 1.54) is 19.2 Å². The van der Waals surface area contributed by atoms with Crippen molar-refractivity contribution in [2.24, 2.45) is 0 Å². The van der Waals surface area contributed by atoms with Gasteiger partial charge in [0, 0.05) is 11.8 Å². The van der Waals surface area contributed by atoms with Crippen molar-refractivity contribution in [2.75, 3.05) is 18.2 Å². The normalized spacial score (nSPS) is 19.4. The minimum absolute atomic E-state index is 0.180. The van der Waals surface area contributed by atoms with E-state index in [1.807, 2.05) is 0 Å². The minimum Gasteiger partial charge on any atom is -0.496 e. The number of nitrogens with two attached hydrogens (primary N) is 1. The van der Waals surface area contributed by atoms with Crippen LogP contribution in [0.2, 0.25) is 5.02 Å². The molecule has 2 aromatic carbocycles. The van der Waals surface area contributed by atoms with E-state index in [1.54, 1.807) is 24.3 Å². The van der Waals surface area contributed by atoms with E-state index in [-0.39, 0.29) is 17.0 Å². The lowest BCUT2D eigenvalue weighted by molar-refractivity contribution is 0.00688. The molecule has 3 rings (SSSR count). The van der Waals surface area contributed by atoms with Gasteiger partial charge in [-0.3, -0.25) is 4.79 Å². The molecule has 6 nitrogen and oxygen atoms in total. The smallest absolute Gasteiger partial charge is 0.259 e. The first kappa shape index (κ1) is 19.3. The molecule has 0 aromatic heterocycles. The Hall–Kier alpha value is -2.44. The Morgan fingerprint density at radius 1 is 1.22 bits per heavy atom. The molecule has 0 aliphatic heterocycles. The number of carbonyl (C=O) groups is 1. The Bertz CT molecular complexity index is 810. The number of methoxy groups -OCH3 is 1. The number of ether oxygens (including phenoxy) is 2. The van der Waals surface area contributed by atoms with Crippen LogP contribution in [0.1, 0.15) is 36.0 Å². The maximum atomic E-state index is 12.5. The highest BCUT2D eigenvalue weighted by Crippen LogP contribution is 2.30. The Morgan fingerprint density at radius 2 is 1.93 bits per heavy atom. The molecule has 0 bridgehead atoms. The summed E-state index contributed by atoms with van der Waals surface area (Å²) in [5.41, 5.74) is 6.99. The number of nitrogen functional groups attached to an aromatic ring is 1. The van der Waals surface area contributed by atoms with E-state index in [0.717, 1.165) is 25.7 Å². The Morgan fingerprint density at radius 3 is 2.59 bits per heavy atom. The van der Waals surface area contributed by atoms with E-state index >= 15 is 0 Å². The highest BCUT2D eigenvalue weighted by atomic mass is 35.5. The molecule has 0 spiro atoms. The topological polar surface area (TPSA) is 93.8 Å². The molecule has 1 saturated carbocycles. The van der Waals surface area contributed by atoms with Crippen molar-refractivity contribution >= 4 is 28.9 Å². The number of hydrogen-bond donors (Lipinski definition) is 3. The SMILES string of the molecule is COc1cc(N)c(Cl)cc1C(=O)Nc1ccc(OC2CCCCC2O)cc1. The summed E-state index contributed by atoms with van der Waals surface area (Å²) in [6.45, 7) is 0. The van der Waals surface area contributed by atoms with Crippen molar-refractivity contribution in [3.63, 3.8) is 0 Å². The van der Waals surface area contributed by atoms with Gasteiger partial charge in [-0.1, -0.05) is 18.0 Å². The molecule has 0 saturated heterocycles. The quantitative estimate of drug-likeness (QED) is 0.674. The summed E-state index contributed by atoms with van der Waals surface area (Å²) < 4.78 is 11.1. The zero-order chi connectivity index (χ0) is 19.4. The van der Waals surface area contributed by atoms with Gasteiger partial charge < -0.3 is 25.6 Å². The molecule has 0 heterocycles. The third-order valence-corrected chi connectivity index (χ3v) is 4.96. The second kappa shape index (κ2) is 8.50. The minimum atomic E-state index is -0.430. The number of hydrogen-bond acceptors (Lipinski definition) is 5. The van der Waals surface area contributed by atoms with Crippen LogP contribution in [0.15, 0.2) is 36.4 Å². The van der Waals surface area contributed by atoms with Gasteiger partial charge in [0.05, 0.1) is 29.5 Å². The van der Waals surface area contributed by atoms with Gasteiger partial charge in [-0.15, -0.1) is 0 Å². The van der Waals surface area contributed by atoms with Gasteiger partial charge in [0.2, 0.25) is 0 Å². The summed E-state index contributed by atoms with van der Waals surface area (Å²) in [4.78, 5) is 12.5. The van der Waals surface area contributed by atoms with Gasteiger partial charge in [-0.05, 0) is 49.6 Å². The van der Waals surface area contributed by atoms with Crippen molar-refractivity contribution in [3.05, 3.63) is 47.0 Å². The number of benzene rings is 2. The highest BCUT2D eigenvalue weighted by Gasteiger charge is 2.24. The fraction of sp³-hybridized carbons (Fsp3) is 0.350. The fourth-order valence-electron chi connectivity index (χ4n) is 3.12. The van der Waals surface area contributed by atoms with Crippen LogP contribution in [0.4, 0.5) is 11.4 Å². The van der Waals surface area contributed by atoms with Crippen LogP contribution in [0, 0.1) is 0 Å². The van der Waals surface area contributed by atoms with Gasteiger partial charge in [0.25, 0.3) is 5.91 Å². The first-order valence-electron chi connectivity index (χ1n) is 8.87. The van der Waals surface area contributed by atoms with E-state index in [4.69, 9.17) is 26.8 Å². The highest BCUT2D eigenvalue weighted by molar-refractivity contribution is 6.33. The summed E-state index contributed by atoms with van der Waals surface area (Å²) in [6.07, 6.45) is 3.09. The van der Waals surface area contributed by atoms with Crippen LogP contribution in [0.25, 0.3) is 0 Å². The lowest BCUT2D eigenvalue weighted by Gasteiger charge is -2.28. The number of rotatable bonds is 5. The van der Waals surface area contributed by atoms with E-state index in [0.29, 0.717) is 28.4 Å². The van der Waals surface area contributed by atoms with Gasteiger partial charge in [-0.25, -0.2) is 0 Å².